The van der Waals surface area contributed by atoms with Crippen LogP contribution in [0.5, 0.6) is 0 Å². The molecule has 0 unspecified atom stereocenters. The molecule has 1 rings (SSSR count). The summed E-state index contributed by atoms with van der Waals surface area (Å²) in [6, 6.07) is 7.58. The lowest BCUT2D eigenvalue weighted by Gasteiger charge is -1.99. The second-order valence-corrected chi connectivity index (χ2v) is 2.48. The highest BCUT2D eigenvalue weighted by Crippen LogP contribution is 2.10. The van der Waals surface area contributed by atoms with Crippen molar-refractivity contribution in [1.82, 2.24) is 0 Å². The third kappa shape index (κ3) is 1.47. The quantitative estimate of drug-likeness (QED) is 0.570. The molecule has 0 radical (unpaired) electrons. The van der Waals surface area contributed by atoms with Crippen molar-refractivity contribution in [2.45, 2.75) is 13.3 Å². The minimum atomic E-state index is 0.719. The molecule has 1 aromatic carbocycles. The third-order valence-electron chi connectivity index (χ3n) is 1.77. The molecule has 1 aromatic rings. The Morgan fingerprint density at radius 1 is 1.50 bits per heavy atom. The van der Waals surface area contributed by atoms with Crippen LogP contribution in [0.2, 0.25) is 0 Å². The number of aryl methyl sites for hydroxylation is 1. The number of nitrogens with zero attached hydrogens (tertiary/aromatic N) is 1. The first-order valence-electron chi connectivity index (χ1n) is 3.81. The third-order valence-corrected chi connectivity index (χ3v) is 1.77. The molecule has 0 atom stereocenters. The first-order valence-corrected chi connectivity index (χ1v) is 3.81. The largest absolute Gasteiger partial charge is 0.192 e. The van der Waals surface area contributed by atoms with E-state index in [-0.39, 0.29) is 0 Å². The Kier molecular flexibility index (Phi) is 2.51. The summed E-state index contributed by atoms with van der Waals surface area (Å²) in [6.45, 7) is 2.01. The molecule has 0 aromatic heterocycles. The van der Waals surface area contributed by atoms with Crippen LogP contribution in [0, 0.1) is 23.7 Å². The molecule has 12 heavy (non-hydrogen) atoms. The van der Waals surface area contributed by atoms with Crippen LogP contribution in [-0.2, 0) is 6.42 Å². The minimum Gasteiger partial charge on any atom is -0.192 e. The van der Waals surface area contributed by atoms with Gasteiger partial charge in [0.15, 0.2) is 0 Å². The van der Waals surface area contributed by atoms with Gasteiger partial charge in [-0.25, -0.2) is 0 Å². The number of benzene rings is 1. The van der Waals surface area contributed by atoms with Crippen molar-refractivity contribution in [3.63, 3.8) is 0 Å². The molecule has 58 valence electrons. The highest BCUT2D eigenvalue weighted by Gasteiger charge is 1.99. The Labute approximate surface area is 72.6 Å². The van der Waals surface area contributed by atoms with Crippen LogP contribution in [0.4, 0.5) is 0 Å². The second-order valence-electron chi connectivity index (χ2n) is 2.48. The summed E-state index contributed by atoms with van der Waals surface area (Å²) in [5, 5.41) is 8.71. The maximum absolute atomic E-state index is 8.71. The van der Waals surface area contributed by atoms with Crippen LogP contribution in [-0.4, -0.2) is 0 Å². The maximum atomic E-state index is 8.71. The van der Waals surface area contributed by atoms with E-state index in [9.17, 15) is 0 Å². The van der Waals surface area contributed by atoms with Crippen molar-refractivity contribution in [1.29, 1.82) is 5.26 Å². The van der Waals surface area contributed by atoms with E-state index in [4.69, 9.17) is 11.7 Å². The standard InChI is InChI=1S/C11H9N/c1-3-9-5-6-11(8-12)10(4-2)7-9/h1,5-7H,4H2,2H3. The number of hydrogen-bond donors (Lipinski definition) is 0. The highest BCUT2D eigenvalue weighted by molar-refractivity contribution is 5.44. The molecule has 0 fully saturated rings. The van der Waals surface area contributed by atoms with Crippen LogP contribution in [0.25, 0.3) is 0 Å². The van der Waals surface area contributed by atoms with Gasteiger partial charge in [0.05, 0.1) is 11.6 Å². The lowest BCUT2D eigenvalue weighted by Crippen LogP contribution is -1.88. The average Bonchev–Trinajstić information content (AvgIpc) is 2.16. The Morgan fingerprint density at radius 2 is 2.25 bits per heavy atom. The topological polar surface area (TPSA) is 23.8 Å². The summed E-state index contributed by atoms with van der Waals surface area (Å²) in [5.74, 6) is 2.54. The first kappa shape index (κ1) is 8.37. The van der Waals surface area contributed by atoms with Crippen molar-refractivity contribution >= 4 is 0 Å². The van der Waals surface area contributed by atoms with Gasteiger partial charge in [0.2, 0.25) is 0 Å². The summed E-state index contributed by atoms with van der Waals surface area (Å²) in [6.07, 6.45) is 6.08. The van der Waals surface area contributed by atoms with E-state index < -0.39 is 0 Å². The summed E-state index contributed by atoms with van der Waals surface area (Å²) < 4.78 is 0. The van der Waals surface area contributed by atoms with Crippen LogP contribution in [0.15, 0.2) is 18.2 Å². The monoisotopic (exact) mass is 155 g/mol. The lowest BCUT2D eigenvalue weighted by molar-refractivity contribution is 1.13. The fourth-order valence-electron chi connectivity index (χ4n) is 1.09. The summed E-state index contributed by atoms with van der Waals surface area (Å²) in [5.41, 5.74) is 2.58. The molecule has 0 aliphatic heterocycles. The Hall–Kier alpha value is -1.73. The summed E-state index contributed by atoms with van der Waals surface area (Å²) in [4.78, 5) is 0. The fraction of sp³-hybridized carbons (Fsp3) is 0.182. The van der Waals surface area contributed by atoms with E-state index in [0.717, 1.165) is 23.1 Å². The smallest absolute Gasteiger partial charge is 0.0994 e. The molecule has 0 aliphatic rings. The van der Waals surface area contributed by atoms with E-state index in [1.54, 1.807) is 12.1 Å². The highest BCUT2D eigenvalue weighted by atomic mass is 14.2. The van der Waals surface area contributed by atoms with Crippen molar-refractivity contribution in [3.05, 3.63) is 34.9 Å². The van der Waals surface area contributed by atoms with E-state index in [0.29, 0.717) is 0 Å². The van der Waals surface area contributed by atoms with Crippen LogP contribution >= 0.6 is 0 Å². The van der Waals surface area contributed by atoms with Crippen molar-refractivity contribution in [3.8, 4) is 18.4 Å². The van der Waals surface area contributed by atoms with Gasteiger partial charge in [-0.3, -0.25) is 0 Å². The Balaban J connectivity index is 3.24. The van der Waals surface area contributed by atoms with Crippen LogP contribution in [0.3, 0.4) is 0 Å². The number of rotatable bonds is 1. The SMILES string of the molecule is C#Cc1ccc(C#N)c(CC)c1. The molecular formula is C11H9N. The van der Waals surface area contributed by atoms with Gasteiger partial charge in [-0.2, -0.15) is 5.26 Å². The number of nitriles is 1. The summed E-state index contributed by atoms with van der Waals surface area (Å²) >= 11 is 0. The predicted molar refractivity (Wildman–Crippen MR) is 48.5 cm³/mol. The molecule has 0 saturated carbocycles. The fourth-order valence-corrected chi connectivity index (χ4v) is 1.09. The van der Waals surface area contributed by atoms with E-state index >= 15 is 0 Å². The summed E-state index contributed by atoms with van der Waals surface area (Å²) in [7, 11) is 0. The van der Waals surface area contributed by atoms with Crippen molar-refractivity contribution in [2.24, 2.45) is 0 Å². The molecule has 0 amide bonds. The van der Waals surface area contributed by atoms with Gasteiger partial charge in [0.25, 0.3) is 0 Å². The van der Waals surface area contributed by atoms with Gasteiger partial charge in [-0.15, -0.1) is 6.42 Å². The van der Waals surface area contributed by atoms with Gasteiger partial charge in [0.1, 0.15) is 0 Å². The van der Waals surface area contributed by atoms with Crippen LogP contribution < -0.4 is 0 Å². The zero-order valence-corrected chi connectivity index (χ0v) is 6.96. The zero-order chi connectivity index (χ0) is 8.97. The predicted octanol–water partition coefficient (Wildman–Crippen LogP) is 2.10. The average molecular weight is 155 g/mol. The van der Waals surface area contributed by atoms with Gasteiger partial charge in [0, 0.05) is 5.56 Å². The molecule has 1 nitrogen and oxygen atoms in total. The second kappa shape index (κ2) is 3.60. The lowest BCUT2D eigenvalue weighted by atomic mass is 10.0. The van der Waals surface area contributed by atoms with Gasteiger partial charge >= 0.3 is 0 Å². The zero-order valence-electron chi connectivity index (χ0n) is 6.96. The van der Waals surface area contributed by atoms with E-state index in [1.807, 2.05) is 13.0 Å². The maximum Gasteiger partial charge on any atom is 0.0994 e. The minimum absolute atomic E-state index is 0.719. The van der Waals surface area contributed by atoms with Gasteiger partial charge in [-0.1, -0.05) is 12.8 Å². The normalized spacial score (nSPS) is 8.58. The molecule has 0 N–H and O–H groups in total. The van der Waals surface area contributed by atoms with Crippen LogP contribution in [0.1, 0.15) is 23.6 Å². The van der Waals surface area contributed by atoms with Crippen molar-refractivity contribution in [2.75, 3.05) is 0 Å². The van der Waals surface area contributed by atoms with Crippen molar-refractivity contribution < 1.29 is 0 Å². The molecule has 1 heteroatoms. The molecule has 0 bridgehead atoms. The Bertz CT molecular complexity index is 364. The van der Waals surface area contributed by atoms with Gasteiger partial charge < -0.3 is 0 Å². The Morgan fingerprint density at radius 3 is 2.75 bits per heavy atom. The number of hydrogen-bond acceptors (Lipinski definition) is 1. The molecular weight excluding hydrogens is 146 g/mol. The number of terminal acetylenes is 1. The van der Waals surface area contributed by atoms with E-state index in [1.165, 1.54) is 0 Å². The molecule has 0 heterocycles. The van der Waals surface area contributed by atoms with Gasteiger partial charge in [-0.05, 0) is 30.2 Å². The molecule has 0 spiro atoms. The molecule has 0 saturated heterocycles. The first-order chi connectivity index (χ1) is 5.81. The molecule has 0 aliphatic carbocycles. The van der Waals surface area contributed by atoms with E-state index in [2.05, 4.69) is 12.0 Å².